The van der Waals surface area contributed by atoms with Gasteiger partial charge in [-0.3, -0.25) is 4.72 Å². The summed E-state index contributed by atoms with van der Waals surface area (Å²) in [5, 5.41) is 2.81. The fourth-order valence-electron chi connectivity index (χ4n) is 1.53. The summed E-state index contributed by atoms with van der Waals surface area (Å²) < 4.78 is 35.3. The predicted molar refractivity (Wildman–Crippen MR) is 73.5 cm³/mol. The van der Waals surface area contributed by atoms with Crippen LogP contribution in [-0.4, -0.2) is 31.8 Å². The lowest BCUT2D eigenvalue weighted by molar-refractivity contribution is 0.136. The Bertz CT molecular complexity index is 637. The SMILES string of the molecule is COC(C)CS(=O)(=O)Nc1ccc2nscc2c1. The third-order valence-electron chi connectivity index (χ3n) is 2.49. The van der Waals surface area contributed by atoms with E-state index < -0.39 is 10.0 Å². The number of anilines is 1. The van der Waals surface area contributed by atoms with Crippen molar-refractivity contribution in [3.05, 3.63) is 23.6 Å². The van der Waals surface area contributed by atoms with Crippen molar-refractivity contribution in [3.63, 3.8) is 0 Å². The molecule has 0 radical (unpaired) electrons. The zero-order valence-corrected chi connectivity index (χ0v) is 11.7. The summed E-state index contributed by atoms with van der Waals surface area (Å²) in [5.74, 6) is -0.0660. The summed E-state index contributed by atoms with van der Waals surface area (Å²) in [6.45, 7) is 1.71. The molecule has 0 bridgehead atoms. The fraction of sp³-hybridized carbons (Fsp3) is 0.364. The average Bonchev–Trinajstić information content (AvgIpc) is 2.74. The number of nitrogens with one attached hydrogen (secondary N) is 1. The van der Waals surface area contributed by atoms with Gasteiger partial charge in [-0.1, -0.05) is 0 Å². The number of sulfonamides is 1. The van der Waals surface area contributed by atoms with Crippen molar-refractivity contribution in [1.29, 1.82) is 0 Å². The van der Waals surface area contributed by atoms with Gasteiger partial charge < -0.3 is 4.74 Å². The maximum atomic E-state index is 11.8. The molecule has 98 valence electrons. The number of ether oxygens (including phenoxy) is 1. The van der Waals surface area contributed by atoms with Crippen molar-refractivity contribution in [2.24, 2.45) is 0 Å². The molecule has 0 saturated heterocycles. The Morgan fingerprint density at radius 2 is 2.28 bits per heavy atom. The smallest absolute Gasteiger partial charge is 0.235 e. The first kappa shape index (κ1) is 13.3. The normalized spacial score (nSPS) is 13.7. The number of benzene rings is 1. The highest BCUT2D eigenvalue weighted by Crippen LogP contribution is 2.20. The maximum Gasteiger partial charge on any atom is 0.235 e. The second-order valence-electron chi connectivity index (χ2n) is 4.02. The molecule has 1 unspecified atom stereocenters. The van der Waals surface area contributed by atoms with Crippen molar-refractivity contribution >= 4 is 38.1 Å². The predicted octanol–water partition coefficient (Wildman–Crippen LogP) is 2.07. The largest absolute Gasteiger partial charge is 0.381 e. The Labute approximate surface area is 110 Å². The molecule has 1 heterocycles. The monoisotopic (exact) mass is 286 g/mol. The van der Waals surface area contributed by atoms with Gasteiger partial charge in [0.25, 0.3) is 0 Å². The number of hydrogen-bond donors (Lipinski definition) is 1. The molecule has 0 aliphatic carbocycles. The number of methoxy groups -OCH3 is 1. The summed E-state index contributed by atoms with van der Waals surface area (Å²) >= 11 is 1.35. The molecule has 0 fully saturated rings. The Kier molecular flexibility index (Phi) is 3.84. The van der Waals surface area contributed by atoms with Crippen molar-refractivity contribution < 1.29 is 13.2 Å². The molecule has 1 aromatic carbocycles. The van der Waals surface area contributed by atoms with Crippen LogP contribution in [0.25, 0.3) is 10.9 Å². The van der Waals surface area contributed by atoms with Gasteiger partial charge in [-0.15, -0.1) is 0 Å². The van der Waals surface area contributed by atoms with Crippen molar-refractivity contribution in [1.82, 2.24) is 4.37 Å². The van der Waals surface area contributed by atoms with Gasteiger partial charge in [-0.05, 0) is 36.7 Å². The number of fused-ring (bicyclic) bond motifs is 1. The summed E-state index contributed by atoms with van der Waals surface area (Å²) in [6.07, 6.45) is -0.339. The van der Waals surface area contributed by atoms with Crippen molar-refractivity contribution in [2.75, 3.05) is 17.6 Å². The first-order valence-corrected chi connectivity index (χ1v) is 7.86. The Balaban J connectivity index is 2.17. The third-order valence-corrected chi connectivity index (χ3v) is 4.60. The number of rotatable bonds is 5. The minimum absolute atomic E-state index is 0.0660. The first-order valence-electron chi connectivity index (χ1n) is 5.37. The van der Waals surface area contributed by atoms with E-state index in [2.05, 4.69) is 9.10 Å². The lowest BCUT2D eigenvalue weighted by Gasteiger charge is -2.12. The molecule has 1 N–H and O–H groups in total. The second-order valence-corrected chi connectivity index (χ2v) is 6.41. The quantitative estimate of drug-likeness (QED) is 0.913. The van der Waals surface area contributed by atoms with Crippen LogP contribution in [0.15, 0.2) is 23.6 Å². The van der Waals surface area contributed by atoms with Crippen LogP contribution in [0, 0.1) is 0 Å². The summed E-state index contributed by atoms with van der Waals surface area (Å²) in [6, 6.07) is 5.27. The van der Waals surface area contributed by atoms with Crippen LogP contribution < -0.4 is 4.72 Å². The van der Waals surface area contributed by atoms with Crippen molar-refractivity contribution in [3.8, 4) is 0 Å². The topological polar surface area (TPSA) is 68.3 Å². The molecule has 0 amide bonds. The summed E-state index contributed by atoms with van der Waals surface area (Å²) in [7, 11) is -1.90. The zero-order chi connectivity index (χ0) is 13.2. The van der Waals surface area contributed by atoms with Crippen LogP contribution in [0.4, 0.5) is 5.69 Å². The number of hydrogen-bond acceptors (Lipinski definition) is 5. The van der Waals surface area contributed by atoms with E-state index in [4.69, 9.17) is 4.74 Å². The Morgan fingerprint density at radius 1 is 1.50 bits per heavy atom. The van der Waals surface area contributed by atoms with Gasteiger partial charge in [0.05, 0.1) is 17.4 Å². The number of nitrogens with zero attached hydrogens (tertiary/aromatic N) is 1. The van der Waals surface area contributed by atoms with Crippen LogP contribution in [0.5, 0.6) is 0 Å². The molecule has 0 spiro atoms. The second kappa shape index (κ2) is 5.21. The van der Waals surface area contributed by atoms with Gasteiger partial charge in [0.15, 0.2) is 0 Å². The highest BCUT2D eigenvalue weighted by atomic mass is 32.2. The molecule has 0 aliphatic heterocycles. The van der Waals surface area contributed by atoms with E-state index in [0.717, 1.165) is 10.9 Å². The van der Waals surface area contributed by atoms with E-state index in [0.29, 0.717) is 5.69 Å². The molecule has 0 aliphatic rings. The van der Waals surface area contributed by atoms with Crippen LogP contribution >= 0.6 is 11.5 Å². The molecule has 2 rings (SSSR count). The van der Waals surface area contributed by atoms with Gasteiger partial charge in [0, 0.05) is 23.6 Å². The molecule has 5 nitrogen and oxygen atoms in total. The lowest BCUT2D eigenvalue weighted by atomic mass is 10.2. The highest BCUT2D eigenvalue weighted by molar-refractivity contribution is 7.92. The van der Waals surface area contributed by atoms with E-state index in [-0.39, 0.29) is 11.9 Å². The molecule has 18 heavy (non-hydrogen) atoms. The van der Waals surface area contributed by atoms with Gasteiger partial charge >= 0.3 is 0 Å². The van der Waals surface area contributed by atoms with Gasteiger partial charge in [0.1, 0.15) is 0 Å². The molecule has 1 aromatic heterocycles. The van der Waals surface area contributed by atoms with Crippen LogP contribution in [-0.2, 0) is 14.8 Å². The minimum Gasteiger partial charge on any atom is -0.381 e. The third kappa shape index (κ3) is 3.18. The van der Waals surface area contributed by atoms with E-state index >= 15 is 0 Å². The van der Waals surface area contributed by atoms with E-state index in [9.17, 15) is 8.42 Å². The van der Waals surface area contributed by atoms with Crippen LogP contribution in [0.3, 0.4) is 0 Å². The maximum absolute atomic E-state index is 11.8. The average molecular weight is 286 g/mol. The molecule has 1 atom stereocenters. The molecule has 2 aromatic rings. The molecule has 0 saturated carbocycles. The number of aromatic nitrogens is 1. The molecular formula is C11H14N2O3S2. The molecular weight excluding hydrogens is 272 g/mol. The van der Waals surface area contributed by atoms with Crippen LogP contribution in [0.1, 0.15) is 6.92 Å². The Morgan fingerprint density at radius 3 is 3.00 bits per heavy atom. The van der Waals surface area contributed by atoms with Gasteiger partial charge in [-0.2, -0.15) is 4.37 Å². The van der Waals surface area contributed by atoms with Crippen LogP contribution in [0.2, 0.25) is 0 Å². The van der Waals surface area contributed by atoms with E-state index in [1.54, 1.807) is 25.1 Å². The molecule has 7 heteroatoms. The summed E-state index contributed by atoms with van der Waals surface area (Å²) in [4.78, 5) is 0. The minimum atomic E-state index is -3.39. The Hall–Kier alpha value is -1.18. The zero-order valence-electron chi connectivity index (χ0n) is 10.1. The van der Waals surface area contributed by atoms with Crippen molar-refractivity contribution in [2.45, 2.75) is 13.0 Å². The first-order chi connectivity index (χ1) is 8.50. The summed E-state index contributed by atoms with van der Waals surface area (Å²) in [5.41, 5.74) is 1.42. The van der Waals surface area contributed by atoms with Gasteiger partial charge in [-0.25, -0.2) is 8.42 Å². The van der Waals surface area contributed by atoms with E-state index in [1.807, 2.05) is 5.38 Å². The lowest BCUT2D eigenvalue weighted by Crippen LogP contribution is -2.25. The highest BCUT2D eigenvalue weighted by Gasteiger charge is 2.15. The standard InChI is InChI=1S/C11H14N2O3S2/c1-8(16-2)7-18(14,15)13-10-3-4-11-9(5-10)6-17-12-11/h3-6,8,13H,7H2,1-2H3. The van der Waals surface area contributed by atoms with Gasteiger partial charge in [0.2, 0.25) is 10.0 Å². The fourth-order valence-corrected chi connectivity index (χ4v) is 3.49. The van der Waals surface area contributed by atoms with E-state index in [1.165, 1.54) is 18.6 Å².